The lowest BCUT2D eigenvalue weighted by Crippen LogP contribution is -2.49. The number of likely N-dealkylation sites (N-methyl/N-ethyl adjacent to an activating group) is 1. The Kier molecular flexibility index (Phi) is 8.92. The predicted octanol–water partition coefficient (Wildman–Crippen LogP) is 3.52. The number of hydrogen-bond acceptors (Lipinski definition) is 3. The zero-order chi connectivity index (χ0) is 19.5. The summed E-state index contributed by atoms with van der Waals surface area (Å²) in [6.07, 6.45) is 0.736. The number of nitrogens with one attached hydrogen (secondary N) is 1. The van der Waals surface area contributed by atoms with E-state index >= 15 is 0 Å². The number of carbonyl (C=O) groups excluding carboxylic acids is 2. The van der Waals surface area contributed by atoms with Gasteiger partial charge in [-0.05, 0) is 31.4 Å². The Bertz CT molecular complexity index is 707. The monoisotopic (exact) mass is 384 g/mol. The van der Waals surface area contributed by atoms with Gasteiger partial charge in [-0.1, -0.05) is 60.7 Å². The van der Waals surface area contributed by atoms with Gasteiger partial charge >= 0.3 is 0 Å². The van der Waals surface area contributed by atoms with Gasteiger partial charge in [0.2, 0.25) is 11.8 Å². The lowest BCUT2D eigenvalue weighted by atomic mass is 10.1. The summed E-state index contributed by atoms with van der Waals surface area (Å²) in [5.74, 6) is 1.06. The van der Waals surface area contributed by atoms with E-state index in [4.69, 9.17) is 0 Å². The first-order chi connectivity index (χ1) is 13.1. The van der Waals surface area contributed by atoms with Crippen LogP contribution < -0.4 is 5.32 Å². The van der Waals surface area contributed by atoms with Crippen LogP contribution in [0.15, 0.2) is 60.7 Å². The summed E-state index contributed by atoms with van der Waals surface area (Å²) >= 11 is 1.58. The van der Waals surface area contributed by atoms with Crippen LogP contribution in [0.1, 0.15) is 25.0 Å². The molecule has 0 saturated carbocycles. The summed E-state index contributed by atoms with van der Waals surface area (Å²) in [5, 5.41) is 2.82. The summed E-state index contributed by atoms with van der Waals surface area (Å²) < 4.78 is 0. The largest absolute Gasteiger partial charge is 0.355 e. The summed E-state index contributed by atoms with van der Waals surface area (Å²) in [6.45, 7) is 4.78. The van der Waals surface area contributed by atoms with Crippen molar-refractivity contribution in [2.24, 2.45) is 0 Å². The first-order valence-corrected chi connectivity index (χ1v) is 10.5. The lowest BCUT2D eigenvalue weighted by molar-refractivity contribution is -0.137. The van der Waals surface area contributed by atoms with Crippen LogP contribution in [0.4, 0.5) is 0 Å². The Balaban J connectivity index is 1.96. The van der Waals surface area contributed by atoms with Crippen molar-refractivity contribution in [1.82, 2.24) is 10.2 Å². The number of hydrogen-bond donors (Lipinski definition) is 1. The minimum atomic E-state index is -0.474. The molecule has 0 fully saturated rings. The normalized spacial score (nSPS) is 11.6. The van der Waals surface area contributed by atoms with Crippen molar-refractivity contribution in [3.63, 3.8) is 0 Å². The Morgan fingerprint density at radius 3 is 2.19 bits per heavy atom. The van der Waals surface area contributed by atoms with Gasteiger partial charge in [0.25, 0.3) is 0 Å². The molecular formula is C22H28N2O2S. The number of amides is 2. The number of carbonyl (C=O) groups is 2. The highest BCUT2D eigenvalue weighted by atomic mass is 32.2. The van der Waals surface area contributed by atoms with Gasteiger partial charge in [0.15, 0.2) is 0 Å². The van der Waals surface area contributed by atoms with Gasteiger partial charge in [-0.3, -0.25) is 9.59 Å². The van der Waals surface area contributed by atoms with Crippen LogP contribution in [0.2, 0.25) is 0 Å². The molecule has 2 amide bonds. The molecule has 0 aromatic heterocycles. The summed E-state index contributed by atoms with van der Waals surface area (Å²) in [6, 6.07) is 19.7. The van der Waals surface area contributed by atoms with Gasteiger partial charge in [0.1, 0.15) is 6.04 Å². The van der Waals surface area contributed by atoms with Crippen LogP contribution >= 0.6 is 11.8 Å². The first kappa shape index (κ1) is 21.0. The molecule has 2 aromatic carbocycles. The third kappa shape index (κ3) is 7.10. The quantitative estimate of drug-likeness (QED) is 0.682. The minimum Gasteiger partial charge on any atom is -0.355 e. The first-order valence-electron chi connectivity index (χ1n) is 9.34. The van der Waals surface area contributed by atoms with Crippen molar-refractivity contribution in [2.75, 3.05) is 18.8 Å². The fourth-order valence-electron chi connectivity index (χ4n) is 2.81. The second-order valence-electron chi connectivity index (χ2n) is 6.37. The van der Waals surface area contributed by atoms with Crippen LogP contribution in [-0.4, -0.2) is 41.6 Å². The molecule has 0 unspecified atom stereocenters. The number of thioether (sulfide) groups is 1. The zero-order valence-corrected chi connectivity index (χ0v) is 16.9. The van der Waals surface area contributed by atoms with Crippen molar-refractivity contribution >= 4 is 23.6 Å². The molecule has 4 nitrogen and oxygen atoms in total. The van der Waals surface area contributed by atoms with Gasteiger partial charge in [0.05, 0.1) is 5.75 Å². The van der Waals surface area contributed by atoms with Gasteiger partial charge in [-0.25, -0.2) is 0 Å². The van der Waals surface area contributed by atoms with Gasteiger partial charge in [0, 0.05) is 18.8 Å². The fourth-order valence-corrected chi connectivity index (χ4v) is 3.68. The minimum absolute atomic E-state index is 0.00520. The molecule has 0 spiro atoms. The summed E-state index contributed by atoms with van der Waals surface area (Å²) in [4.78, 5) is 26.8. The molecule has 0 aliphatic heterocycles. The van der Waals surface area contributed by atoms with Crippen LogP contribution in [0.3, 0.4) is 0 Å². The maximum atomic E-state index is 12.8. The molecule has 27 heavy (non-hydrogen) atoms. The van der Waals surface area contributed by atoms with E-state index in [-0.39, 0.29) is 11.8 Å². The highest BCUT2D eigenvalue weighted by Gasteiger charge is 2.25. The predicted molar refractivity (Wildman–Crippen MR) is 113 cm³/mol. The summed E-state index contributed by atoms with van der Waals surface area (Å²) in [7, 11) is 0. The molecule has 0 radical (unpaired) electrons. The molecule has 0 saturated heterocycles. The number of nitrogens with zero attached hydrogens (tertiary/aromatic N) is 1. The van der Waals surface area contributed by atoms with Crippen LogP contribution in [0, 0.1) is 0 Å². The molecular weight excluding hydrogens is 356 g/mol. The van der Waals surface area contributed by atoms with E-state index in [9.17, 15) is 9.59 Å². The standard InChI is InChI=1S/C22H28N2O2S/c1-3-23-22(26)18(2)24(15-14-19-10-6-4-7-11-19)21(25)17-27-16-20-12-8-5-9-13-20/h4-13,18H,3,14-17H2,1-2H3,(H,23,26)/t18-/m0/s1. The molecule has 1 N–H and O–H groups in total. The van der Waals surface area contributed by atoms with Crippen molar-refractivity contribution in [3.05, 3.63) is 71.8 Å². The van der Waals surface area contributed by atoms with E-state index in [2.05, 4.69) is 17.4 Å². The highest BCUT2D eigenvalue weighted by molar-refractivity contribution is 7.99. The Morgan fingerprint density at radius 1 is 1.00 bits per heavy atom. The average Bonchev–Trinajstić information content (AvgIpc) is 2.70. The van der Waals surface area contributed by atoms with Crippen LogP contribution in [0.25, 0.3) is 0 Å². The van der Waals surface area contributed by atoms with Gasteiger partial charge < -0.3 is 10.2 Å². The molecule has 1 atom stereocenters. The fraction of sp³-hybridized carbons (Fsp3) is 0.364. The highest BCUT2D eigenvalue weighted by Crippen LogP contribution is 2.14. The molecule has 0 aliphatic rings. The number of rotatable bonds is 10. The van der Waals surface area contributed by atoms with Crippen LogP contribution in [-0.2, 0) is 21.8 Å². The number of benzene rings is 2. The maximum Gasteiger partial charge on any atom is 0.242 e. The van der Waals surface area contributed by atoms with Gasteiger partial charge in [-0.15, -0.1) is 11.8 Å². The third-order valence-electron chi connectivity index (χ3n) is 4.34. The molecule has 0 aliphatic carbocycles. The molecule has 144 valence electrons. The Labute approximate surface area is 166 Å². The SMILES string of the molecule is CCNC(=O)[C@H](C)N(CCc1ccccc1)C(=O)CSCc1ccccc1. The van der Waals surface area contributed by atoms with Crippen molar-refractivity contribution < 1.29 is 9.59 Å². The molecule has 2 rings (SSSR count). The van der Waals surface area contributed by atoms with Crippen molar-refractivity contribution in [3.8, 4) is 0 Å². The third-order valence-corrected chi connectivity index (χ3v) is 5.33. The van der Waals surface area contributed by atoms with Gasteiger partial charge in [-0.2, -0.15) is 0 Å². The second-order valence-corrected chi connectivity index (χ2v) is 7.36. The maximum absolute atomic E-state index is 12.8. The Hall–Kier alpha value is -2.27. The smallest absolute Gasteiger partial charge is 0.242 e. The molecule has 0 heterocycles. The van der Waals surface area contributed by atoms with Crippen LogP contribution in [0.5, 0.6) is 0 Å². The van der Waals surface area contributed by atoms with E-state index < -0.39 is 6.04 Å². The summed E-state index contributed by atoms with van der Waals surface area (Å²) in [5.41, 5.74) is 2.36. The van der Waals surface area contributed by atoms with Crippen molar-refractivity contribution in [2.45, 2.75) is 32.1 Å². The van der Waals surface area contributed by atoms with E-state index in [1.54, 1.807) is 23.6 Å². The van der Waals surface area contributed by atoms with E-state index in [0.29, 0.717) is 18.8 Å². The average molecular weight is 385 g/mol. The van der Waals surface area contributed by atoms with Crippen molar-refractivity contribution in [1.29, 1.82) is 0 Å². The zero-order valence-electron chi connectivity index (χ0n) is 16.1. The topological polar surface area (TPSA) is 49.4 Å². The second kappa shape index (κ2) is 11.4. The van der Waals surface area contributed by atoms with E-state index in [0.717, 1.165) is 17.7 Å². The Morgan fingerprint density at radius 2 is 1.59 bits per heavy atom. The molecule has 0 bridgehead atoms. The molecule has 5 heteroatoms. The lowest BCUT2D eigenvalue weighted by Gasteiger charge is -2.28. The molecule has 2 aromatic rings. The van der Waals surface area contributed by atoms with E-state index in [1.807, 2.05) is 55.5 Å². The van der Waals surface area contributed by atoms with E-state index in [1.165, 1.54) is 5.56 Å².